The minimum absolute atomic E-state index is 0.0251. The first-order valence-corrected chi connectivity index (χ1v) is 8.66. The molecule has 0 aromatic rings. The third kappa shape index (κ3) is 11.5. The van der Waals surface area contributed by atoms with Crippen LogP contribution in [0.1, 0.15) is 79.1 Å². The third-order valence-electron chi connectivity index (χ3n) is 3.82. The van der Waals surface area contributed by atoms with Gasteiger partial charge in [0.15, 0.2) is 5.78 Å². The van der Waals surface area contributed by atoms with Crippen molar-refractivity contribution in [3.05, 3.63) is 0 Å². The average molecular weight is 311 g/mol. The summed E-state index contributed by atoms with van der Waals surface area (Å²) in [6.45, 7) is 7.72. The number of Topliss-reactive ketones (excluding diaryl/α,β-unsaturated/α-hetero) is 2. The van der Waals surface area contributed by atoms with Gasteiger partial charge >= 0.3 is 0 Å². The number of unbranched alkanes of at least 4 members (excludes halogenated alkanes) is 5. The van der Waals surface area contributed by atoms with E-state index >= 15 is 0 Å². The van der Waals surface area contributed by atoms with Crippen molar-refractivity contribution in [2.45, 2.75) is 79.1 Å². The molecular formula is C18H33NO3. The quantitative estimate of drug-likeness (QED) is 0.528. The zero-order chi connectivity index (χ0) is 17.0. The van der Waals surface area contributed by atoms with Crippen molar-refractivity contribution in [3.8, 4) is 0 Å². The van der Waals surface area contributed by atoms with Gasteiger partial charge < -0.3 is 5.32 Å². The highest BCUT2D eigenvalue weighted by atomic mass is 16.2. The number of nitrogens with one attached hydrogen (secondary N) is 1. The minimum atomic E-state index is -0.0310. The monoisotopic (exact) mass is 311 g/mol. The van der Waals surface area contributed by atoms with Gasteiger partial charge in [-0.25, -0.2) is 0 Å². The predicted octanol–water partition coefficient (Wildman–Crippen LogP) is 3.67. The molecule has 1 amide bonds. The Balaban J connectivity index is 3.41. The number of carbonyl (C=O) groups is 3. The van der Waals surface area contributed by atoms with Crippen LogP contribution in [0.15, 0.2) is 0 Å². The summed E-state index contributed by atoms with van der Waals surface area (Å²) in [6.07, 6.45) is 7.40. The molecule has 0 unspecified atom stereocenters. The molecule has 0 heterocycles. The molecule has 0 aromatic heterocycles. The summed E-state index contributed by atoms with van der Waals surface area (Å²) in [6, 6.07) is 0. The van der Waals surface area contributed by atoms with E-state index in [1.807, 2.05) is 27.7 Å². The van der Waals surface area contributed by atoms with E-state index in [9.17, 15) is 14.4 Å². The second-order valence-electron chi connectivity index (χ2n) is 6.64. The van der Waals surface area contributed by atoms with Crippen LogP contribution in [0.3, 0.4) is 0 Å². The van der Waals surface area contributed by atoms with Gasteiger partial charge in [0.25, 0.3) is 0 Å². The second-order valence-corrected chi connectivity index (χ2v) is 6.64. The Kier molecular flexibility index (Phi) is 11.7. The maximum atomic E-state index is 11.5. The summed E-state index contributed by atoms with van der Waals surface area (Å²) in [5.41, 5.74) is 0. The Bertz CT molecular complexity index is 348. The van der Waals surface area contributed by atoms with Crippen LogP contribution in [0.5, 0.6) is 0 Å². The van der Waals surface area contributed by atoms with E-state index in [1.54, 1.807) is 0 Å². The number of ketones is 2. The Labute approximate surface area is 135 Å². The maximum Gasteiger partial charge on any atom is 0.220 e. The fraction of sp³-hybridized carbons (Fsp3) is 0.833. The normalized spacial score (nSPS) is 11.0. The molecule has 4 heteroatoms. The zero-order valence-corrected chi connectivity index (χ0v) is 14.7. The molecule has 0 aliphatic heterocycles. The fourth-order valence-corrected chi connectivity index (χ4v) is 2.06. The summed E-state index contributed by atoms with van der Waals surface area (Å²) >= 11 is 0. The lowest BCUT2D eigenvalue weighted by atomic mass is 10.0. The molecule has 22 heavy (non-hydrogen) atoms. The van der Waals surface area contributed by atoms with Crippen LogP contribution >= 0.6 is 0 Å². The van der Waals surface area contributed by atoms with Gasteiger partial charge in [0.2, 0.25) is 5.91 Å². The van der Waals surface area contributed by atoms with Crippen molar-refractivity contribution in [1.82, 2.24) is 5.32 Å². The highest BCUT2D eigenvalue weighted by Crippen LogP contribution is 2.10. The average Bonchev–Trinajstić information content (AvgIpc) is 2.46. The van der Waals surface area contributed by atoms with Gasteiger partial charge in [0.05, 0.1) is 6.54 Å². The third-order valence-corrected chi connectivity index (χ3v) is 3.82. The molecular weight excluding hydrogens is 278 g/mol. The standard InChI is InChI=1S/C18H33NO3/c1-14(2)16(20)11-9-7-5-6-8-10-12-18(22)19-13-17(21)15(3)4/h14-15H,5-13H2,1-4H3,(H,19,22). The Hall–Kier alpha value is -1.19. The molecule has 0 saturated heterocycles. The largest absolute Gasteiger partial charge is 0.349 e. The van der Waals surface area contributed by atoms with Crippen molar-refractivity contribution in [1.29, 1.82) is 0 Å². The van der Waals surface area contributed by atoms with E-state index in [-0.39, 0.29) is 30.1 Å². The van der Waals surface area contributed by atoms with E-state index in [1.165, 1.54) is 0 Å². The first-order chi connectivity index (χ1) is 10.3. The molecule has 0 fully saturated rings. The summed E-state index contributed by atoms with van der Waals surface area (Å²) in [4.78, 5) is 34.4. The smallest absolute Gasteiger partial charge is 0.220 e. The van der Waals surface area contributed by atoms with Crippen molar-refractivity contribution in [2.75, 3.05) is 6.54 Å². The lowest BCUT2D eigenvalue weighted by molar-refractivity contribution is -0.126. The van der Waals surface area contributed by atoms with Crippen molar-refractivity contribution < 1.29 is 14.4 Å². The van der Waals surface area contributed by atoms with Gasteiger partial charge in [-0.3, -0.25) is 14.4 Å². The minimum Gasteiger partial charge on any atom is -0.349 e. The van der Waals surface area contributed by atoms with Gasteiger partial charge in [-0.05, 0) is 12.8 Å². The van der Waals surface area contributed by atoms with Gasteiger partial charge in [-0.2, -0.15) is 0 Å². The Morgan fingerprint density at radius 1 is 0.682 bits per heavy atom. The SMILES string of the molecule is CC(C)C(=O)CCCCCCCCC(=O)NCC(=O)C(C)C. The summed E-state index contributed by atoms with van der Waals surface area (Å²) < 4.78 is 0. The van der Waals surface area contributed by atoms with Crippen LogP contribution in [-0.2, 0) is 14.4 Å². The van der Waals surface area contributed by atoms with Crippen LogP contribution in [0.25, 0.3) is 0 Å². The summed E-state index contributed by atoms with van der Waals surface area (Å²) in [5.74, 6) is 0.525. The summed E-state index contributed by atoms with van der Waals surface area (Å²) in [7, 11) is 0. The molecule has 0 aromatic carbocycles. The first-order valence-electron chi connectivity index (χ1n) is 8.66. The number of hydrogen-bond donors (Lipinski definition) is 1. The predicted molar refractivity (Wildman–Crippen MR) is 89.6 cm³/mol. The van der Waals surface area contributed by atoms with Gasteiger partial charge in [-0.1, -0.05) is 53.4 Å². The first kappa shape index (κ1) is 20.8. The zero-order valence-electron chi connectivity index (χ0n) is 14.7. The number of amides is 1. The molecule has 0 atom stereocenters. The molecule has 0 saturated carbocycles. The molecule has 4 nitrogen and oxygen atoms in total. The number of hydrogen-bond acceptors (Lipinski definition) is 3. The van der Waals surface area contributed by atoms with Gasteiger partial charge in [0.1, 0.15) is 5.78 Å². The van der Waals surface area contributed by atoms with Crippen LogP contribution in [-0.4, -0.2) is 24.0 Å². The van der Waals surface area contributed by atoms with Gasteiger partial charge in [0, 0.05) is 24.7 Å². The topological polar surface area (TPSA) is 63.2 Å². The fourth-order valence-electron chi connectivity index (χ4n) is 2.06. The van der Waals surface area contributed by atoms with Crippen molar-refractivity contribution in [2.24, 2.45) is 11.8 Å². The van der Waals surface area contributed by atoms with E-state index in [4.69, 9.17) is 0 Å². The molecule has 128 valence electrons. The molecule has 0 spiro atoms. The molecule has 0 rings (SSSR count). The Morgan fingerprint density at radius 2 is 1.14 bits per heavy atom. The Morgan fingerprint density at radius 3 is 1.64 bits per heavy atom. The summed E-state index contributed by atoms with van der Waals surface area (Å²) in [5, 5.41) is 2.67. The second kappa shape index (κ2) is 12.4. The maximum absolute atomic E-state index is 11.5. The van der Waals surface area contributed by atoms with Crippen LogP contribution in [0.4, 0.5) is 0 Å². The lowest BCUT2D eigenvalue weighted by Gasteiger charge is -2.07. The molecule has 0 aliphatic rings. The van der Waals surface area contributed by atoms with Crippen molar-refractivity contribution in [3.63, 3.8) is 0 Å². The van der Waals surface area contributed by atoms with E-state index in [0.29, 0.717) is 18.6 Å². The van der Waals surface area contributed by atoms with E-state index < -0.39 is 0 Å². The van der Waals surface area contributed by atoms with E-state index in [2.05, 4.69) is 5.32 Å². The molecule has 1 N–H and O–H groups in total. The highest BCUT2D eigenvalue weighted by molar-refractivity contribution is 5.87. The molecule has 0 radical (unpaired) electrons. The van der Waals surface area contributed by atoms with Crippen LogP contribution in [0, 0.1) is 11.8 Å². The van der Waals surface area contributed by atoms with Crippen LogP contribution in [0.2, 0.25) is 0 Å². The molecule has 0 bridgehead atoms. The lowest BCUT2D eigenvalue weighted by Crippen LogP contribution is -2.31. The van der Waals surface area contributed by atoms with E-state index in [0.717, 1.165) is 38.5 Å². The van der Waals surface area contributed by atoms with Gasteiger partial charge in [-0.15, -0.1) is 0 Å². The highest BCUT2D eigenvalue weighted by Gasteiger charge is 2.09. The number of rotatable bonds is 13. The van der Waals surface area contributed by atoms with Crippen LogP contribution < -0.4 is 5.32 Å². The molecule has 0 aliphatic carbocycles. The number of carbonyl (C=O) groups excluding carboxylic acids is 3. The van der Waals surface area contributed by atoms with Crippen molar-refractivity contribution >= 4 is 17.5 Å².